The van der Waals surface area contributed by atoms with E-state index in [1.165, 1.54) is 0 Å². The lowest BCUT2D eigenvalue weighted by Gasteiger charge is -2.15. The number of phenolic OH excluding ortho intramolecular Hbond substituents is 2. The molecule has 0 aliphatic rings. The molecule has 0 saturated heterocycles. The number of carbonyl (C=O) groups excluding carboxylic acids is 2. The molecular weight excluding hydrogens is 244 g/mol. The molecule has 1 rings (SSSR count). The van der Waals surface area contributed by atoms with Crippen molar-refractivity contribution in [2.45, 2.75) is 20.8 Å². The fourth-order valence-electron chi connectivity index (χ4n) is 1.19. The number of phenols is 2. The van der Waals surface area contributed by atoms with Crippen molar-refractivity contribution < 1.29 is 19.8 Å². The third-order valence-electron chi connectivity index (χ3n) is 2.19. The van der Waals surface area contributed by atoms with Crippen molar-refractivity contribution in [1.29, 1.82) is 0 Å². The Balaban J connectivity index is 3.19. The summed E-state index contributed by atoms with van der Waals surface area (Å²) in [6.07, 6.45) is 0. The minimum Gasteiger partial charge on any atom is -0.504 e. The van der Waals surface area contributed by atoms with Crippen LogP contribution < -0.4 is 0 Å². The third-order valence-corrected chi connectivity index (χ3v) is 2.48. The summed E-state index contributed by atoms with van der Waals surface area (Å²) in [6, 6.07) is 2.18. The highest BCUT2D eigenvalue weighted by molar-refractivity contribution is 6.45. The highest BCUT2D eigenvalue weighted by Crippen LogP contribution is 2.34. The van der Waals surface area contributed by atoms with Crippen molar-refractivity contribution >= 4 is 23.2 Å². The van der Waals surface area contributed by atoms with Crippen molar-refractivity contribution in [1.82, 2.24) is 0 Å². The van der Waals surface area contributed by atoms with Crippen molar-refractivity contribution in [3.05, 3.63) is 22.7 Å². The maximum absolute atomic E-state index is 11.8. The molecule has 0 radical (unpaired) electrons. The van der Waals surface area contributed by atoms with Crippen molar-refractivity contribution in [2.24, 2.45) is 5.41 Å². The van der Waals surface area contributed by atoms with Gasteiger partial charge in [0.1, 0.15) is 0 Å². The van der Waals surface area contributed by atoms with Gasteiger partial charge in [-0.05, 0) is 12.1 Å². The van der Waals surface area contributed by atoms with E-state index in [-0.39, 0.29) is 10.6 Å². The first-order valence-corrected chi connectivity index (χ1v) is 5.33. The Morgan fingerprint density at radius 3 is 2.12 bits per heavy atom. The van der Waals surface area contributed by atoms with Gasteiger partial charge in [0.25, 0.3) is 0 Å². The number of halogens is 1. The fourth-order valence-corrected chi connectivity index (χ4v) is 1.40. The molecule has 0 bridgehead atoms. The van der Waals surface area contributed by atoms with Crippen LogP contribution in [-0.4, -0.2) is 21.8 Å². The Kier molecular flexibility index (Phi) is 3.48. The lowest BCUT2D eigenvalue weighted by atomic mass is 9.86. The van der Waals surface area contributed by atoms with Crippen LogP contribution in [-0.2, 0) is 4.79 Å². The zero-order valence-corrected chi connectivity index (χ0v) is 10.5. The van der Waals surface area contributed by atoms with Crippen molar-refractivity contribution in [3.8, 4) is 11.5 Å². The summed E-state index contributed by atoms with van der Waals surface area (Å²) in [6.45, 7) is 4.86. The number of aromatic hydroxyl groups is 2. The van der Waals surface area contributed by atoms with Gasteiger partial charge >= 0.3 is 0 Å². The Bertz CT molecular complexity index is 463. The van der Waals surface area contributed by atoms with Gasteiger partial charge in [-0.25, -0.2) is 0 Å². The lowest BCUT2D eigenvalue weighted by Crippen LogP contribution is -2.28. The van der Waals surface area contributed by atoms with Crippen LogP contribution in [0, 0.1) is 5.41 Å². The average Bonchev–Trinajstić information content (AvgIpc) is 2.21. The van der Waals surface area contributed by atoms with E-state index in [2.05, 4.69) is 0 Å². The number of hydrogen-bond donors (Lipinski definition) is 2. The first-order chi connectivity index (χ1) is 7.64. The van der Waals surface area contributed by atoms with Gasteiger partial charge in [0, 0.05) is 11.0 Å². The second-order valence-corrected chi connectivity index (χ2v) is 5.14. The maximum atomic E-state index is 11.8. The van der Waals surface area contributed by atoms with E-state index in [4.69, 9.17) is 11.6 Å². The molecule has 1 aromatic carbocycles. The van der Waals surface area contributed by atoms with E-state index in [0.29, 0.717) is 0 Å². The van der Waals surface area contributed by atoms with Gasteiger partial charge in [0.2, 0.25) is 11.6 Å². The van der Waals surface area contributed by atoms with Crippen molar-refractivity contribution in [3.63, 3.8) is 0 Å². The quantitative estimate of drug-likeness (QED) is 0.484. The topological polar surface area (TPSA) is 74.6 Å². The van der Waals surface area contributed by atoms with Crippen LogP contribution in [0.2, 0.25) is 5.02 Å². The number of ketones is 2. The Morgan fingerprint density at radius 2 is 1.71 bits per heavy atom. The summed E-state index contributed by atoms with van der Waals surface area (Å²) in [5, 5.41) is 18.4. The van der Waals surface area contributed by atoms with Crippen LogP contribution in [0.5, 0.6) is 11.5 Å². The van der Waals surface area contributed by atoms with Gasteiger partial charge in [0.15, 0.2) is 11.5 Å². The Labute approximate surface area is 104 Å². The molecule has 0 fully saturated rings. The monoisotopic (exact) mass is 256 g/mol. The van der Waals surface area contributed by atoms with Crippen LogP contribution >= 0.6 is 11.6 Å². The zero-order valence-electron chi connectivity index (χ0n) is 9.74. The fraction of sp³-hybridized carbons (Fsp3) is 0.333. The molecular formula is C12H13ClO4. The number of Topliss-reactive ketones (excluding diaryl/α,β-unsaturated/α-hetero) is 2. The summed E-state index contributed by atoms with van der Waals surface area (Å²) in [7, 11) is 0. The molecule has 0 aliphatic heterocycles. The van der Waals surface area contributed by atoms with E-state index in [1.54, 1.807) is 20.8 Å². The van der Waals surface area contributed by atoms with Crippen LogP contribution in [0.25, 0.3) is 0 Å². The van der Waals surface area contributed by atoms with Gasteiger partial charge in [-0.1, -0.05) is 32.4 Å². The molecule has 0 spiro atoms. The lowest BCUT2D eigenvalue weighted by molar-refractivity contribution is -0.121. The zero-order chi connectivity index (χ0) is 13.4. The number of carbonyl (C=O) groups is 2. The van der Waals surface area contributed by atoms with Gasteiger partial charge in [0.05, 0.1) is 5.02 Å². The second kappa shape index (κ2) is 4.37. The minimum absolute atomic E-state index is 0.0368. The van der Waals surface area contributed by atoms with Crippen molar-refractivity contribution in [2.75, 3.05) is 0 Å². The van der Waals surface area contributed by atoms with Crippen LogP contribution in [0.3, 0.4) is 0 Å². The van der Waals surface area contributed by atoms with E-state index >= 15 is 0 Å². The van der Waals surface area contributed by atoms with E-state index in [9.17, 15) is 19.8 Å². The summed E-state index contributed by atoms with van der Waals surface area (Å²) in [4.78, 5) is 23.5. The molecule has 4 nitrogen and oxygen atoms in total. The van der Waals surface area contributed by atoms with Gasteiger partial charge in [-0.3, -0.25) is 9.59 Å². The summed E-state index contributed by atoms with van der Waals surface area (Å²) >= 11 is 5.61. The predicted molar refractivity (Wildman–Crippen MR) is 63.6 cm³/mol. The summed E-state index contributed by atoms with van der Waals surface area (Å²) in [5.41, 5.74) is -0.845. The Morgan fingerprint density at radius 1 is 1.18 bits per heavy atom. The third kappa shape index (κ3) is 2.77. The highest BCUT2D eigenvalue weighted by atomic mass is 35.5. The van der Waals surface area contributed by atoms with Gasteiger partial charge in [-0.15, -0.1) is 0 Å². The number of benzene rings is 1. The molecule has 0 saturated carbocycles. The molecule has 5 heteroatoms. The van der Waals surface area contributed by atoms with E-state index in [0.717, 1.165) is 12.1 Å². The SMILES string of the molecule is CC(C)(C)C(=O)C(=O)c1cc(O)c(O)c(Cl)c1. The molecule has 0 aliphatic carbocycles. The first kappa shape index (κ1) is 13.5. The normalized spacial score (nSPS) is 11.3. The van der Waals surface area contributed by atoms with Crippen LogP contribution in [0.4, 0.5) is 0 Å². The standard InChI is InChI=1S/C12H13ClO4/c1-12(2,3)11(17)9(15)6-4-7(13)10(16)8(14)5-6/h4-5,14,16H,1-3H3. The van der Waals surface area contributed by atoms with E-state index < -0.39 is 28.5 Å². The molecule has 17 heavy (non-hydrogen) atoms. The first-order valence-electron chi connectivity index (χ1n) is 4.95. The van der Waals surface area contributed by atoms with Crippen LogP contribution in [0.15, 0.2) is 12.1 Å². The minimum atomic E-state index is -0.808. The molecule has 0 atom stereocenters. The van der Waals surface area contributed by atoms with Gasteiger partial charge < -0.3 is 10.2 Å². The summed E-state index contributed by atoms with van der Waals surface area (Å²) in [5.74, 6) is -2.36. The maximum Gasteiger partial charge on any atom is 0.229 e. The van der Waals surface area contributed by atoms with Crippen LogP contribution in [0.1, 0.15) is 31.1 Å². The molecule has 92 valence electrons. The molecule has 0 aromatic heterocycles. The second-order valence-electron chi connectivity index (χ2n) is 4.73. The average molecular weight is 257 g/mol. The summed E-state index contributed by atoms with van der Waals surface area (Å²) < 4.78 is 0. The molecule has 0 heterocycles. The van der Waals surface area contributed by atoms with Gasteiger partial charge in [-0.2, -0.15) is 0 Å². The molecule has 2 N–H and O–H groups in total. The molecule has 0 amide bonds. The number of hydrogen-bond acceptors (Lipinski definition) is 4. The molecule has 1 aromatic rings. The predicted octanol–water partition coefficient (Wildman–Crippen LogP) is 2.55. The smallest absolute Gasteiger partial charge is 0.229 e. The Hall–Kier alpha value is -1.55. The largest absolute Gasteiger partial charge is 0.504 e. The van der Waals surface area contributed by atoms with E-state index in [1.807, 2.05) is 0 Å². The molecule has 0 unspecified atom stereocenters. The highest BCUT2D eigenvalue weighted by Gasteiger charge is 2.29. The number of rotatable bonds is 2.